The SMILES string of the molecule is C[CH]C1CCCCC1. The third-order valence-corrected chi connectivity index (χ3v) is 2.12. The summed E-state index contributed by atoms with van der Waals surface area (Å²) in [5, 5.41) is 0. The molecule has 0 atom stereocenters. The Kier molecular flexibility index (Phi) is 2.38. The molecule has 1 aliphatic carbocycles. The number of hydrogen-bond acceptors (Lipinski definition) is 0. The lowest BCUT2D eigenvalue weighted by atomic mass is 9.88. The van der Waals surface area contributed by atoms with Crippen LogP contribution in [0.15, 0.2) is 0 Å². The Labute approximate surface area is 52.3 Å². The molecule has 0 bridgehead atoms. The van der Waals surface area contributed by atoms with Crippen molar-refractivity contribution in [2.45, 2.75) is 39.0 Å². The van der Waals surface area contributed by atoms with E-state index in [9.17, 15) is 0 Å². The first-order valence-corrected chi connectivity index (χ1v) is 3.73. The first kappa shape index (κ1) is 6.12. The lowest BCUT2D eigenvalue weighted by Gasteiger charge is -2.18. The van der Waals surface area contributed by atoms with E-state index in [1.54, 1.807) is 0 Å². The van der Waals surface area contributed by atoms with Crippen molar-refractivity contribution >= 4 is 0 Å². The molecule has 0 saturated heterocycles. The molecule has 1 radical (unpaired) electrons. The minimum Gasteiger partial charge on any atom is -0.0620 e. The van der Waals surface area contributed by atoms with Gasteiger partial charge in [0.25, 0.3) is 0 Å². The van der Waals surface area contributed by atoms with E-state index in [1.807, 2.05) is 0 Å². The normalized spacial score (nSPS) is 23.6. The first-order chi connectivity index (χ1) is 3.93. The molecule has 0 amide bonds. The van der Waals surface area contributed by atoms with E-state index >= 15 is 0 Å². The van der Waals surface area contributed by atoms with E-state index in [0.29, 0.717) is 0 Å². The van der Waals surface area contributed by atoms with Crippen LogP contribution in [0.5, 0.6) is 0 Å². The molecule has 0 aromatic heterocycles. The van der Waals surface area contributed by atoms with Crippen molar-refractivity contribution < 1.29 is 0 Å². The fourth-order valence-corrected chi connectivity index (χ4v) is 1.47. The highest BCUT2D eigenvalue weighted by Gasteiger charge is 2.09. The van der Waals surface area contributed by atoms with Crippen LogP contribution in [0.3, 0.4) is 0 Å². The van der Waals surface area contributed by atoms with Gasteiger partial charge in [-0.1, -0.05) is 39.0 Å². The van der Waals surface area contributed by atoms with Crippen LogP contribution >= 0.6 is 0 Å². The Morgan fingerprint density at radius 1 is 1.12 bits per heavy atom. The van der Waals surface area contributed by atoms with Gasteiger partial charge in [-0.25, -0.2) is 0 Å². The van der Waals surface area contributed by atoms with E-state index in [-0.39, 0.29) is 0 Å². The summed E-state index contributed by atoms with van der Waals surface area (Å²) < 4.78 is 0. The molecule has 0 unspecified atom stereocenters. The Hall–Kier alpha value is 0. The van der Waals surface area contributed by atoms with Crippen LogP contribution in [0.1, 0.15) is 39.0 Å². The van der Waals surface area contributed by atoms with Crippen LogP contribution in [0.4, 0.5) is 0 Å². The second-order valence-corrected chi connectivity index (χ2v) is 2.73. The molecule has 1 rings (SSSR count). The molecule has 47 valence electrons. The summed E-state index contributed by atoms with van der Waals surface area (Å²) in [4.78, 5) is 0. The summed E-state index contributed by atoms with van der Waals surface area (Å²) in [7, 11) is 0. The lowest BCUT2D eigenvalue weighted by Crippen LogP contribution is -2.04. The van der Waals surface area contributed by atoms with Crippen LogP contribution in [0, 0.1) is 12.3 Å². The van der Waals surface area contributed by atoms with Crippen molar-refractivity contribution in [3.63, 3.8) is 0 Å². The molecule has 0 spiro atoms. The highest BCUT2D eigenvalue weighted by atomic mass is 14.2. The van der Waals surface area contributed by atoms with Gasteiger partial charge in [0.05, 0.1) is 0 Å². The predicted octanol–water partition coefficient (Wildman–Crippen LogP) is 2.79. The predicted molar refractivity (Wildman–Crippen MR) is 36.5 cm³/mol. The largest absolute Gasteiger partial charge is 0.0620 e. The summed E-state index contributed by atoms with van der Waals surface area (Å²) in [6.45, 7) is 2.19. The highest BCUT2D eigenvalue weighted by Crippen LogP contribution is 2.24. The minimum absolute atomic E-state index is 0.962. The van der Waals surface area contributed by atoms with Gasteiger partial charge in [0.15, 0.2) is 0 Å². The van der Waals surface area contributed by atoms with Crippen molar-refractivity contribution in [2.75, 3.05) is 0 Å². The van der Waals surface area contributed by atoms with Gasteiger partial charge in [0.1, 0.15) is 0 Å². The van der Waals surface area contributed by atoms with Gasteiger partial charge in [-0.2, -0.15) is 0 Å². The second-order valence-electron chi connectivity index (χ2n) is 2.73. The summed E-state index contributed by atoms with van der Waals surface area (Å²) in [5.41, 5.74) is 0. The molecule has 0 N–H and O–H groups in total. The van der Waals surface area contributed by atoms with E-state index in [2.05, 4.69) is 13.3 Å². The molecule has 1 saturated carbocycles. The van der Waals surface area contributed by atoms with Crippen molar-refractivity contribution in [1.29, 1.82) is 0 Å². The molecule has 0 aromatic rings. The fourth-order valence-electron chi connectivity index (χ4n) is 1.47. The van der Waals surface area contributed by atoms with E-state index < -0.39 is 0 Å². The topological polar surface area (TPSA) is 0 Å². The van der Waals surface area contributed by atoms with Crippen LogP contribution in [0.2, 0.25) is 0 Å². The van der Waals surface area contributed by atoms with Gasteiger partial charge >= 0.3 is 0 Å². The van der Waals surface area contributed by atoms with Crippen molar-refractivity contribution in [3.05, 3.63) is 6.42 Å². The first-order valence-electron chi connectivity index (χ1n) is 3.73. The zero-order valence-electron chi connectivity index (χ0n) is 5.69. The maximum atomic E-state index is 2.36. The monoisotopic (exact) mass is 111 g/mol. The van der Waals surface area contributed by atoms with Crippen LogP contribution in [-0.4, -0.2) is 0 Å². The van der Waals surface area contributed by atoms with E-state index in [4.69, 9.17) is 0 Å². The Bertz CT molecular complexity index is 51.1. The van der Waals surface area contributed by atoms with Gasteiger partial charge in [0.2, 0.25) is 0 Å². The summed E-state index contributed by atoms with van der Waals surface area (Å²) in [6, 6.07) is 0. The molecule has 1 fully saturated rings. The fraction of sp³-hybridized carbons (Fsp3) is 0.875. The third-order valence-electron chi connectivity index (χ3n) is 2.12. The van der Waals surface area contributed by atoms with Gasteiger partial charge in [-0.3, -0.25) is 0 Å². The number of rotatable bonds is 1. The van der Waals surface area contributed by atoms with Crippen LogP contribution in [0.25, 0.3) is 0 Å². The van der Waals surface area contributed by atoms with Crippen LogP contribution in [-0.2, 0) is 0 Å². The Morgan fingerprint density at radius 2 is 1.75 bits per heavy atom. The molecule has 0 heterocycles. The second kappa shape index (κ2) is 3.11. The molecule has 0 aliphatic heterocycles. The molecule has 0 heteroatoms. The van der Waals surface area contributed by atoms with E-state index in [1.165, 1.54) is 32.1 Å². The quantitative estimate of drug-likeness (QED) is 0.488. The third kappa shape index (κ3) is 1.50. The average molecular weight is 111 g/mol. The lowest BCUT2D eigenvalue weighted by molar-refractivity contribution is 0.399. The van der Waals surface area contributed by atoms with E-state index in [0.717, 1.165) is 5.92 Å². The average Bonchev–Trinajstić information content (AvgIpc) is 1.90. The number of hydrogen-bond donors (Lipinski definition) is 0. The zero-order valence-corrected chi connectivity index (χ0v) is 5.69. The molecule has 0 aromatic carbocycles. The Morgan fingerprint density at radius 3 is 2.12 bits per heavy atom. The van der Waals surface area contributed by atoms with Crippen LogP contribution < -0.4 is 0 Å². The van der Waals surface area contributed by atoms with Gasteiger partial charge in [-0.15, -0.1) is 0 Å². The molecular weight excluding hydrogens is 96.1 g/mol. The summed E-state index contributed by atoms with van der Waals surface area (Å²) >= 11 is 0. The standard InChI is InChI=1S/C8H15/c1-2-8-6-4-3-5-7-8/h2,8H,3-7H2,1H3. The smallest absolute Gasteiger partial charge is 0.0386 e. The minimum atomic E-state index is 0.962. The maximum Gasteiger partial charge on any atom is -0.0386 e. The molecule has 0 nitrogen and oxygen atoms in total. The highest BCUT2D eigenvalue weighted by molar-refractivity contribution is 4.74. The Balaban J connectivity index is 2.13. The summed E-state index contributed by atoms with van der Waals surface area (Å²) in [6.07, 6.45) is 9.68. The van der Waals surface area contributed by atoms with Gasteiger partial charge in [-0.05, 0) is 12.3 Å². The van der Waals surface area contributed by atoms with Gasteiger partial charge in [0, 0.05) is 0 Å². The molecule has 1 aliphatic rings. The summed E-state index contributed by atoms with van der Waals surface area (Å²) in [5.74, 6) is 0.962. The maximum absolute atomic E-state index is 2.36. The van der Waals surface area contributed by atoms with Crippen molar-refractivity contribution in [2.24, 2.45) is 5.92 Å². The van der Waals surface area contributed by atoms with Crippen molar-refractivity contribution in [3.8, 4) is 0 Å². The van der Waals surface area contributed by atoms with Crippen molar-refractivity contribution in [1.82, 2.24) is 0 Å². The molecular formula is C8H15. The van der Waals surface area contributed by atoms with Gasteiger partial charge < -0.3 is 0 Å². The zero-order chi connectivity index (χ0) is 5.82. The molecule has 8 heavy (non-hydrogen) atoms.